The SMILES string of the molecule is COc1cc(NC(=O)C2CCCCN2)c(OCc2ccccc2)c2c1C[C@H]1C[C@H]3[C@H](N(C)C)c4onc(OCc5ccccc5)c4C(=O)[C@@]3(O)C(=O)C1=C2O. The Balaban J connectivity index is 1.22. The quantitative estimate of drug-likeness (QED) is 0.157. The number of ketones is 2. The molecule has 1 unspecified atom stereocenters. The Morgan fingerprint density at radius 3 is 2.33 bits per heavy atom. The van der Waals surface area contributed by atoms with Crippen LogP contribution in [0.15, 0.2) is 76.8 Å². The predicted molar refractivity (Wildman–Crippen MR) is 201 cm³/mol. The number of carbonyl (C=O) groups excluding carboxylic acids is 3. The Morgan fingerprint density at radius 2 is 1.69 bits per heavy atom. The van der Waals surface area contributed by atoms with Crippen molar-refractivity contribution < 1.29 is 43.3 Å². The summed E-state index contributed by atoms with van der Waals surface area (Å²) in [5, 5.41) is 35.2. The Kier molecular flexibility index (Phi) is 9.70. The van der Waals surface area contributed by atoms with Gasteiger partial charge in [-0.05, 0) is 68.5 Å². The van der Waals surface area contributed by atoms with E-state index in [2.05, 4.69) is 15.8 Å². The molecule has 0 spiro atoms. The Hall–Kier alpha value is -5.50. The second-order valence-electron chi connectivity index (χ2n) is 14.9. The van der Waals surface area contributed by atoms with Gasteiger partial charge in [-0.2, -0.15) is 0 Å². The minimum absolute atomic E-state index is 0.0730. The van der Waals surface area contributed by atoms with Gasteiger partial charge in [0.2, 0.25) is 17.5 Å². The third-order valence-electron chi connectivity index (χ3n) is 11.4. The zero-order valence-corrected chi connectivity index (χ0v) is 31.0. The zero-order valence-electron chi connectivity index (χ0n) is 31.0. The third-order valence-corrected chi connectivity index (χ3v) is 11.4. The van der Waals surface area contributed by atoms with Crippen LogP contribution < -0.4 is 24.8 Å². The molecule has 1 aliphatic heterocycles. The number of Topliss-reactive ketones (excluding diaryl/α,β-unsaturated/α-hetero) is 2. The van der Waals surface area contributed by atoms with Crippen LogP contribution in [-0.2, 0) is 29.2 Å². The number of fused-ring (bicyclic) bond motifs is 4. The largest absolute Gasteiger partial charge is 0.507 e. The van der Waals surface area contributed by atoms with E-state index in [-0.39, 0.29) is 71.7 Å². The molecule has 4 aromatic rings. The molecular formula is C42H44N4O9. The lowest BCUT2D eigenvalue weighted by atomic mass is 9.57. The van der Waals surface area contributed by atoms with Gasteiger partial charge in [0.25, 0.3) is 5.88 Å². The van der Waals surface area contributed by atoms with Crippen LogP contribution in [0.5, 0.6) is 17.4 Å². The van der Waals surface area contributed by atoms with Crippen LogP contribution in [0.1, 0.15) is 70.1 Å². The molecule has 2 heterocycles. The number of anilines is 1. The summed E-state index contributed by atoms with van der Waals surface area (Å²) in [5.41, 5.74) is -0.129. The molecule has 3 aromatic carbocycles. The minimum Gasteiger partial charge on any atom is -0.507 e. The van der Waals surface area contributed by atoms with E-state index >= 15 is 0 Å². The number of carbonyl (C=O) groups is 3. The van der Waals surface area contributed by atoms with Gasteiger partial charge in [-0.25, -0.2) is 0 Å². The van der Waals surface area contributed by atoms with Crippen molar-refractivity contribution >= 4 is 28.9 Å². The van der Waals surface area contributed by atoms with Gasteiger partial charge in [-0.15, -0.1) is 0 Å². The fourth-order valence-corrected chi connectivity index (χ4v) is 8.72. The fourth-order valence-electron chi connectivity index (χ4n) is 8.72. The van der Waals surface area contributed by atoms with Crippen LogP contribution in [0.2, 0.25) is 0 Å². The lowest BCUT2D eigenvalue weighted by Crippen LogP contribution is -2.63. The first-order valence-electron chi connectivity index (χ1n) is 18.6. The van der Waals surface area contributed by atoms with Crippen LogP contribution in [0, 0.1) is 11.8 Å². The van der Waals surface area contributed by atoms with Crippen molar-refractivity contribution in [3.63, 3.8) is 0 Å². The molecule has 4 aliphatic rings. The molecule has 55 heavy (non-hydrogen) atoms. The summed E-state index contributed by atoms with van der Waals surface area (Å²) in [4.78, 5) is 44.8. The molecule has 0 bridgehead atoms. The number of hydrogen-bond acceptors (Lipinski definition) is 12. The van der Waals surface area contributed by atoms with Crippen molar-refractivity contribution in [3.05, 3.63) is 106 Å². The molecule has 1 saturated heterocycles. The number of benzene rings is 3. The van der Waals surface area contributed by atoms with Gasteiger partial charge in [0, 0.05) is 23.1 Å². The maximum Gasteiger partial charge on any atom is 0.265 e. The molecule has 1 aromatic heterocycles. The fraction of sp³-hybridized carbons (Fsp3) is 0.381. The van der Waals surface area contributed by atoms with E-state index in [0.29, 0.717) is 24.3 Å². The van der Waals surface area contributed by atoms with Crippen LogP contribution >= 0.6 is 0 Å². The number of nitrogens with zero attached hydrogens (tertiary/aromatic N) is 2. The van der Waals surface area contributed by atoms with Gasteiger partial charge < -0.3 is 39.6 Å². The lowest BCUT2D eigenvalue weighted by Gasteiger charge is -2.49. The van der Waals surface area contributed by atoms with Gasteiger partial charge in [-0.1, -0.05) is 67.1 Å². The van der Waals surface area contributed by atoms with E-state index in [9.17, 15) is 24.6 Å². The van der Waals surface area contributed by atoms with E-state index < -0.39 is 46.8 Å². The molecule has 2 fully saturated rings. The van der Waals surface area contributed by atoms with Gasteiger partial charge in [0.15, 0.2) is 17.1 Å². The van der Waals surface area contributed by atoms with Crippen LogP contribution in [-0.4, -0.2) is 77.1 Å². The monoisotopic (exact) mass is 748 g/mol. The molecule has 1 amide bonds. The van der Waals surface area contributed by atoms with Crippen molar-refractivity contribution in [2.24, 2.45) is 11.8 Å². The van der Waals surface area contributed by atoms with E-state index in [1.165, 1.54) is 7.11 Å². The zero-order chi connectivity index (χ0) is 38.4. The number of hydrogen-bond donors (Lipinski definition) is 4. The highest BCUT2D eigenvalue weighted by molar-refractivity contribution is 6.26. The predicted octanol–water partition coefficient (Wildman–Crippen LogP) is 5.18. The molecule has 3 aliphatic carbocycles. The molecule has 286 valence electrons. The van der Waals surface area contributed by atoms with Crippen molar-refractivity contribution in [2.45, 2.75) is 63.0 Å². The highest BCUT2D eigenvalue weighted by Crippen LogP contribution is 2.57. The third kappa shape index (κ3) is 6.25. The normalized spacial score (nSPS) is 24.4. The van der Waals surface area contributed by atoms with Crippen LogP contribution in [0.3, 0.4) is 0 Å². The number of piperidine rings is 1. The summed E-state index contributed by atoms with van der Waals surface area (Å²) < 4.78 is 24.0. The maximum atomic E-state index is 14.9. The van der Waals surface area contributed by atoms with E-state index in [1.54, 1.807) is 25.1 Å². The molecule has 13 nitrogen and oxygen atoms in total. The molecule has 13 heteroatoms. The van der Waals surface area contributed by atoms with Crippen molar-refractivity contribution in [3.8, 4) is 17.4 Å². The van der Waals surface area contributed by atoms with E-state index in [1.807, 2.05) is 60.7 Å². The van der Waals surface area contributed by atoms with Crippen molar-refractivity contribution in [2.75, 3.05) is 33.1 Å². The first kappa shape index (κ1) is 36.5. The number of methoxy groups -OCH3 is 1. The van der Waals surface area contributed by atoms with Gasteiger partial charge >= 0.3 is 0 Å². The van der Waals surface area contributed by atoms with E-state index in [0.717, 1.165) is 24.0 Å². The number of amides is 1. The molecule has 0 radical (unpaired) electrons. The molecule has 8 rings (SSSR count). The van der Waals surface area contributed by atoms with Gasteiger partial charge in [-0.3, -0.25) is 19.3 Å². The Bertz CT molecular complexity index is 2160. The first-order chi connectivity index (χ1) is 26.6. The number of ether oxygens (including phenoxy) is 3. The molecular weight excluding hydrogens is 704 g/mol. The van der Waals surface area contributed by atoms with Gasteiger partial charge in [0.1, 0.15) is 30.3 Å². The standard InChI is InChI=1S/C42H44N4O9/c1-46(2)34-27-19-25-18-26-30(52-3)20-29(44-40(50)28-16-10-11-17-43-28)36(53-21-23-12-6-4-7-13-23)32(26)35(47)31(25)38(48)42(27,51)39(49)33-37(34)55-45-41(33)54-22-24-14-8-5-9-15-24/h4-9,12-15,20,25,27-28,34,43,47,51H,10-11,16-19,21-22H2,1-3H3,(H,44,50)/t25-,27-,28?,34-,42-/m0/s1. The highest BCUT2D eigenvalue weighted by atomic mass is 16.5. The summed E-state index contributed by atoms with van der Waals surface area (Å²) in [6, 6.07) is 19.3. The smallest absolute Gasteiger partial charge is 0.265 e. The summed E-state index contributed by atoms with van der Waals surface area (Å²) in [7, 11) is 5.05. The molecule has 4 N–H and O–H groups in total. The molecule has 5 atom stereocenters. The number of nitrogens with one attached hydrogen (secondary N) is 2. The van der Waals surface area contributed by atoms with Crippen molar-refractivity contribution in [1.29, 1.82) is 0 Å². The van der Waals surface area contributed by atoms with E-state index in [4.69, 9.17) is 18.7 Å². The van der Waals surface area contributed by atoms with Crippen molar-refractivity contribution in [1.82, 2.24) is 15.4 Å². The number of aliphatic hydroxyl groups excluding tert-OH is 1. The summed E-state index contributed by atoms with van der Waals surface area (Å²) in [6.07, 6.45) is 2.91. The Morgan fingerprint density at radius 1 is 1.00 bits per heavy atom. The summed E-state index contributed by atoms with van der Waals surface area (Å²) in [6.45, 7) is 0.873. The average molecular weight is 749 g/mol. The summed E-state index contributed by atoms with van der Waals surface area (Å²) >= 11 is 0. The lowest BCUT2D eigenvalue weighted by molar-refractivity contribution is -0.142. The van der Waals surface area contributed by atoms with Gasteiger partial charge in [0.05, 0.1) is 30.4 Å². The second kappa shape index (κ2) is 14.6. The van der Waals surface area contributed by atoms with Crippen LogP contribution in [0.4, 0.5) is 5.69 Å². The second-order valence-corrected chi connectivity index (χ2v) is 14.9. The minimum atomic E-state index is -2.58. The maximum absolute atomic E-state index is 14.9. The Labute approximate surface area is 318 Å². The van der Waals surface area contributed by atoms with Crippen LogP contribution in [0.25, 0.3) is 5.76 Å². The first-order valence-corrected chi connectivity index (χ1v) is 18.6. The highest BCUT2D eigenvalue weighted by Gasteiger charge is 2.65. The average Bonchev–Trinajstić information content (AvgIpc) is 3.62. The number of aliphatic hydroxyl groups is 2. The topological polar surface area (TPSA) is 173 Å². The number of aromatic nitrogens is 1. The molecule has 1 saturated carbocycles. The number of rotatable bonds is 10. The summed E-state index contributed by atoms with van der Waals surface area (Å²) in [5.74, 6) is -3.47.